The number of nitrogens with zero attached hydrogens (tertiary/aromatic N) is 3. The molecule has 0 aliphatic rings. The molecule has 4 aromatic rings. The van der Waals surface area contributed by atoms with Crippen LogP contribution in [0.4, 0.5) is 0 Å². The Kier molecular flexibility index (Phi) is 6.69. The molecular weight excluding hydrogens is 404 g/mol. The standard InChI is InChI=1S/C25H22N4OS/c1-18(24(30)26-17-19-11-5-2-6-12-19)31-25-27-22(20-13-7-3-8-14-20)23(28-29-25)21-15-9-4-10-16-21/h2-16,18H,17H2,1H3,(H,26,30). The predicted molar refractivity (Wildman–Crippen MR) is 124 cm³/mol. The summed E-state index contributed by atoms with van der Waals surface area (Å²) < 4.78 is 0. The minimum absolute atomic E-state index is 0.0640. The van der Waals surface area contributed by atoms with Gasteiger partial charge in [0.05, 0.1) is 5.25 Å². The molecule has 0 bridgehead atoms. The number of thioether (sulfide) groups is 1. The van der Waals surface area contributed by atoms with E-state index in [4.69, 9.17) is 4.98 Å². The SMILES string of the molecule is CC(Sc1nnc(-c2ccccc2)c(-c2ccccc2)n1)C(=O)NCc1ccccc1. The first-order valence-corrected chi connectivity index (χ1v) is 10.9. The van der Waals surface area contributed by atoms with Crippen LogP contribution in [0.5, 0.6) is 0 Å². The van der Waals surface area contributed by atoms with Crippen molar-refractivity contribution in [1.29, 1.82) is 0 Å². The summed E-state index contributed by atoms with van der Waals surface area (Å²) in [6, 6.07) is 29.6. The highest BCUT2D eigenvalue weighted by atomic mass is 32.2. The van der Waals surface area contributed by atoms with E-state index in [1.807, 2.05) is 97.9 Å². The van der Waals surface area contributed by atoms with E-state index in [1.165, 1.54) is 11.8 Å². The molecule has 4 rings (SSSR count). The van der Waals surface area contributed by atoms with Crippen LogP contribution in [0, 0.1) is 0 Å². The highest BCUT2D eigenvalue weighted by Gasteiger charge is 2.19. The van der Waals surface area contributed by atoms with Crippen molar-refractivity contribution in [2.24, 2.45) is 0 Å². The summed E-state index contributed by atoms with van der Waals surface area (Å²) in [6.45, 7) is 2.34. The Labute approximate surface area is 186 Å². The third kappa shape index (κ3) is 5.35. The first-order chi connectivity index (χ1) is 15.2. The lowest BCUT2D eigenvalue weighted by molar-refractivity contribution is -0.120. The normalized spacial score (nSPS) is 11.6. The highest BCUT2D eigenvalue weighted by Crippen LogP contribution is 2.30. The van der Waals surface area contributed by atoms with Crippen molar-refractivity contribution >= 4 is 17.7 Å². The number of nitrogens with one attached hydrogen (secondary N) is 1. The number of hydrogen-bond acceptors (Lipinski definition) is 5. The highest BCUT2D eigenvalue weighted by molar-refractivity contribution is 8.00. The number of carbonyl (C=O) groups excluding carboxylic acids is 1. The summed E-state index contributed by atoms with van der Waals surface area (Å²) in [6.07, 6.45) is 0. The fraction of sp³-hybridized carbons (Fsp3) is 0.120. The van der Waals surface area contributed by atoms with E-state index in [0.717, 1.165) is 28.1 Å². The second-order valence-corrected chi connectivity index (χ2v) is 8.30. The first-order valence-electron chi connectivity index (χ1n) is 10.0. The van der Waals surface area contributed by atoms with E-state index in [1.54, 1.807) is 0 Å². The molecule has 1 N–H and O–H groups in total. The molecule has 1 heterocycles. The number of aromatic nitrogens is 3. The van der Waals surface area contributed by atoms with E-state index in [9.17, 15) is 4.79 Å². The summed E-state index contributed by atoms with van der Waals surface area (Å²) in [5, 5.41) is 11.9. The van der Waals surface area contributed by atoms with Crippen LogP contribution in [0.15, 0.2) is 96.2 Å². The van der Waals surface area contributed by atoms with Crippen LogP contribution >= 0.6 is 11.8 Å². The summed E-state index contributed by atoms with van der Waals surface area (Å²) in [5.41, 5.74) is 4.44. The van der Waals surface area contributed by atoms with Crippen LogP contribution in [0.25, 0.3) is 22.5 Å². The molecule has 154 valence electrons. The van der Waals surface area contributed by atoms with Crippen LogP contribution in [0.2, 0.25) is 0 Å². The van der Waals surface area contributed by atoms with E-state index in [-0.39, 0.29) is 11.2 Å². The molecular formula is C25H22N4OS. The second kappa shape index (κ2) is 10.00. The molecule has 6 heteroatoms. The first kappa shape index (κ1) is 20.8. The van der Waals surface area contributed by atoms with Gasteiger partial charge in [0.2, 0.25) is 11.1 Å². The van der Waals surface area contributed by atoms with Crippen LogP contribution in [0.1, 0.15) is 12.5 Å². The Morgan fingerprint density at radius 2 is 1.35 bits per heavy atom. The molecule has 31 heavy (non-hydrogen) atoms. The average molecular weight is 427 g/mol. The van der Waals surface area contributed by atoms with Crippen LogP contribution in [-0.2, 0) is 11.3 Å². The number of carbonyl (C=O) groups is 1. The van der Waals surface area contributed by atoms with Gasteiger partial charge in [0.25, 0.3) is 0 Å². The van der Waals surface area contributed by atoms with E-state index >= 15 is 0 Å². The lowest BCUT2D eigenvalue weighted by Crippen LogP contribution is -2.30. The van der Waals surface area contributed by atoms with Crippen molar-refractivity contribution < 1.29 is 4.79 Å². The summed E-state index contributed by atoms with van der Waals surface area (Å²) in [4.78, 5) is 17.3. The van der Waals surface area contributed by atoms with Gasteiger partial charge in [-0.2, -0.15) is 0 Å². The molecule has 3 aromatic carbocycles. The van der Waals surface area contributed by atoms with Crippen molar-refractivity contribution in [3.05, 3.63) is 96.6 Å². The zero-order valence-corrected chi connectivity index (χ0v) is 17.9. The largest absolute Gasteiger partial charge is 0.351 e. The molecule has 0 saturated heterocycles. The van der Waals surface area contributed by atoms with Gasteiger partial charge in [0.15, 0.2) is 0 Å². The molecule has 0 aliphatic carbocycles. The zero-order valence-electron chi connectivity index (χ0n) is 17.1. The molecule has 0 radical (unpaired) electrons. The Hall–Kier alpha value is -3.51. The van der Waals surface area contributed by atoms with Gasteiger partial charge in [0.1, 0.15) is 11.4 Å². The van der Waals surface area contributed by atoms with Crippen LogP contribution in [-0.4, -0.2) is 26.3 Å². The van der Waals surface area contributed by atoms with Crippen molar-refractivity contribution in [3.8, 4) is 22.5 Å². The number of hydrogen-bond donors (Lipinski definition) is 1. The number of benzene rings is 3. The maximum atomic E-state index is 12.6. The molecule has 0 aliphatic heterocycles. The van der Waals surface area contributed by atoms with Crippen LogP contribution in [0.3, 0.4) is 0 Å². The van der Waals surface area contributed by atoms with E-state index in [2.05, 4.69) is 15.5 Å². The molecule has 0 fully saturated rings. The van der Waals surface area contributed by atoms with Gasteiger partial charge >= 0.3 is 0 Å². The van der Waals surface area contributed by atoms with Crippen molar-refractivity contribution in [2.45, 2.75) is 23.9 Å². The monoisotopic (exact) mass is 426 g/mol. The van der Waals surface area contributed by atoms with Crippen molar-refractivity contribution in [3.63, 3.8) is 0 Å². The second-order valence-electron chi connectivity index (χ2n) is 6.99. The Balaban J connectivity index is 1.54. The average Bonchev–Trinajstić information content (AvgIpc) is 2.84. The van der Waals surface area contributed by atoms with Gasteiger partial charge in [0, 0.05) is 17.7 Å². The summed E-state index contributed by atoms with van der Waals surface area (Å²) in [7, 11) is 0. The molecule has 1 amide bonds. The Bertz CT molecular complexity index is 1140. The summed E-state index contributed by atoms with van der Waals surface area (Å²) in [5.74, 6) is -0.0640. The van der Waals surface area contributed by atoms with E-state index < -0.39 is 0 Å². The third-order valence-electron chi connectivity index (χ3n) is 4.72. The molecule has 0 saturated carbocycles. The molecule has 1 aromatic heterocycles. The molecule has 1 atom stereocenters. The minimum Gasteiger partial charge on any atom is -0.351 e. The lowest BCUT2D eigenvalue weighted by Gasteiger charge is -2.13. The smallest absolute Gasteiger partial charge is 0.233 e. The van der Waals surface area contributed by atoms with Gasteiger partial charge in [-0.1, -0.05) is 103 Å². The molecule has 0 spiro atoms. The Morgan fingerprint density at radius 1 is 0.806 bits per heavy atom. The predicted octanol–water partition coefficient (Wildman–Crippen LogP) is 5.00. The fourth-order valence-electron chi connectivity index (χ4n) is 3.09. The van der Waals surface area contributed by atoms with Crippen molar-refractivity contribution in [2.75, 3.05) is 0 Å². The van der Waals surface area contributed by atoms with E-state index in [0.29, 0.717) is 11.7 Å². The van der Waals surface area contributed by atoms with Gasteiger partial charge in [-0.05, 0) is 12.5 Å². The van der Waals surface area contributed by atoms with Crippen molar-refractivity contribution in [1.82, 2.24) is 20.5 Å². The molecule has 1 unspecified atom stereocenters. The van der Waals surface area contributed by atoms with Gasteiger partial charge in [-0.15, -0.1) is 10.2 Å². The summed E-state index contributed by atoms with van der Waals surface area (Å²) >= 11 is 1.30. The van der Waals surface area contributed by atoms with Gasteiger partial charge in [-0.25, -0.2) is 4.98 Å². The third-order valence-corrected chi connectivity index (χ3v) is 5.67. The quantitative estimate of drug-likeness (QED) is 0.421. The van der Waals surface area contributed by atoms with Gasteiger partial charge in [-0.3, -0.25) is 4.79 Å². The maximum absolute atomic E-state index is 12.6. The number of amides is 1. The minimum atomic E-state index is -0.350. The lowest BCUT2D eigenvalue weighted by atomic mass is 10.0. The topological polar surface area (TPSA) is 67.8 Å². The maximum Gasteiger partial charge on any atom is 0.233 e. The molecule has 5 nitrogen and oxygen atoms in total. The van der Waals surface area contributed by atoms with Crippen LogP contribution < -0.4 is 5.32 Å². The Morgan fingerprint density at radius 3 is 1.97 bits per heavy atom. The van der Waals surface area contributed by atoms with Gasteiger partial charge < -0.3 is 5.32 Å². The number of rotatable bonds is 7. The fourth-order valence-corrected chi connectivity index (χ4v) is 3.83. The zero-order chi connectivity index (χ0) is 21.5.